The van der Waals surface area contributed by atoms with Crippen LogP contribution in [0.2, 0.25) is 0 Å². The van der Waals surface area contributed by atoms with E-state index >= 15 is 0 Å². The third kappa shape index (κ3) is 1.27. The maximum absolute atomic E-state index is 13.2. The van der Waals surface area contributed by atoms with Crippen molar-refractivity contribution in [3.05, 3.63) is 23.5 Å². The van der Waals surface area contributed by atoms with E-state index in [9.17, 15) is 17.6 Å². The van der Waals surface area contributed by atoms with E-state index in [4.69, 9.17) is 0 Å². The number of carbonyl (C=O) groups is 1. The van der Waals surface area contributed by atoms with Gasteiger partial charge in [-0.1, -0.05) is 0 Å². The van der Waals surface area contributed by atoms with E-state index in [1.165, 1.54) is 0 Å². The van der Waals surface area contributed by atoms with Crippen LogP contribution in [0.15, 0.2) is 17.0 Å². The summed E-state index contributed by atoms with van der Waals surface area (Å²) in [7, 11) is -2.69. The Hall–Kier alpha value is -1.63. The Labute approximate surface area is 84.9 Å². The SMILES string of the molecule is COc1c(F)ccc2c1C(=O)NS2(=O)=O. The van der Waals surface area contributed by atoms with Gasteiger partial charge in [0.15, 0.2) is 11.6 Å². The number of fused-ring (bicyclic) bond motifs is 1. The number of hydrogen-bond donors (Lipinski definition) is 1. The summed E-state index contributed by atoms with van der Waals surface area (Å²) in [6.45, 7) is 0. The molecule has 0 aliphatic carbocycles. The molecule has 1 aromatic carbocycles. The first-order chi connectivity index (χ1) is 6.97. The number of carbonyl (C=O) groups excluding carboxylic acids is 1. The Morgan fingerprint density at radius 2 is 2.07 bits per heavy atom. The fourth-order valence-electron chi connectivity index (χ4n) is 1.41. The van der Waals surface area contributed by atoms with Crippen LogP contribution in [0.4, 0.5) is 4.39 Å². The molecule has 0 unspecified atom stereocenters. The lowest BCUT2D eigenvalue weighted by Crippen LogP contribution is -2.20. The number of ether oxygens (including phenoxy) is 1. The van der Waals surface area contributed by atoms with Crippen molar-refractivity contribution in [1.82, 2.24) is 4.72 Å². The average molecular weight is 231 g/mol. The fraction of sp³-hybridized carbons (Fsp3) is 0.125. The Bertz CT molecular complexity index is 552. The van der Waals surface area contributed by atoms with Gasteiger partial charge in [0.25, 0.3) is 15.9 Å². The van der Waals surface area contributed by atoms with E-state index in [0.717, 1.165) is 19.2 Å². The molecule has 7 heteroatoms. The minimum Gasteiger partial charge on any atom is -0.493 e. The van der Waals surface area contributed by atoms with Crippen molar-refractivity contribution in [3.63, 3.8) is 0 Å². The van der Waals surface area contributed by atoms with Crippen LogP contribution >= 0.6 is 0 Å². The molecular weight excluding hydrogens is 225 g/mol. The highest BCUT2D eigenvalue weighted by Crippen LogP contribution is 2.32. The summed E-state index contributed by atoms with van der Waals surface area (Å²) in [6.07, 6.45) is 0. The molecule has 0 aromatic heterocycles. The number of methoxy groups -OCH3 is 1. The number of hydrogen-bond acceptors (Lipinski definition) is 4. The fourth-order valence-corrected chi connectivity index (χ4v) is 2.56. The normalized spacial score (nSPS) is 17.1. The largest absolute Gasteiger partial charge is 0.493 e. The summed E-state index contributed by atoms with van der Waals surface area (Å²) in [6, 6.07) is 1.97. The standard InChI is InChI=1S/C8H6FNO4S/c1-14-7-4(9)2-3-5-6(7)8(11)10-15(5,12)13/h2-3H,1H3,(H,10,11). The molecule has 1 N–H and O–H groups in total. The second-order valence-corrected chi connectivity index (χ2v) is 4.54. The van der Waals surface area contributed by atoms with Crippen molar-refractivity contribution in [1.29, 1.82) is 0 Å². The average Bonchev–Trinajstić information content (AvgIpc) is 2.37. The van der Waals surface area contributed by atoms with Crippen LogP contribution in [0.1, 0.15) is 10.4 Å². The quantitative estimate of drug-likeness (QED) is 0.752. The van der Waals surface area contributed by atoms with Crippen LogP contribution in [0, 0.1) is 5.82 Å². The third-order valence-corrected chi connectivity index (χ3v) is 3.39. The number of halogens is 1. The predicted octanol–water partition coefficient (Wildman–Crippen LogP) is 0.266. The lowest BCUT2D eigenvalue weighted by molar-refractivity contribution is 0.0981. The van der Waals surface area contributed by atoms with E-state index in [-0.39, 0.29) is 16.2 Å². The zero-order chi connectivity index (χ0) is 11.2. The zero-order valence-electron chi connectivity index (χ0n) is 7.57. The number of rotatable bonds is 1. The molecule has 2 rings (SSSR count). The lowest BCUT2D eigenvalue weighted by Gasteiger charge is -2.04. The molecular formula is C8H6FNO4S. The summed E-state index contributed by atoms with van der Waals surface area (Å²) < 4.78 is 42.2. The van der Waals surface area contributed by atoms with Crippen molar-refractivity contribution < 1.29 is 22.3 Å². The minimum atomic E-state index is -3.85. The first-order valence-electron chi connectivity index (χ1n) is 3.91. The van der Waals surface area contributed by atoms with Crippen LogP contribution in [-0.4, -0.2) is 21.4 Å². The van der Waals surface area contributed by atoms with Gasteiger partial charge in [-0.25, -0.2) is 17.5 Å². The van der Waals surface area contributed by atoms with Gasteiger partial charge in [-0.15, -0.1) is 0 Å². The number of benzene rings is 1. The Morgan fingerprint density at radius 3 is 2.67 bits per heavy atom. The first-order valence-corrected chi connectivity index (χ1v) is 5.39. The molecule has 0 atom stereocenters. The number of sulfonamides is 1. The van der Waals surface area contributed by atoms with Gasteiger partial charge in [0.1, 0.15) is 10.5 Å². The van der Waals surface area contributed by atoms with Crippen molar-refractivity contribution in [3.8, 4) is 5.75 Å². The maximum atomic E-state index is 13.2. The van der Waals surface area contributed by atoms with Gasteiger partial charge in [0.05, 0.1) is 7.11 Å². The van der Waals surface area contributed by atoms with Gasteiger partial charge in [-0.05, 0) is 12.1 Å². The van der Waals surface area contributed by atoms with Gasteiger partial charge >= 0.3 is 0 Å². The maximum Gasteiger partial charge on any atom is 0.270 e. The Morgan fingerprint density at radius 1 is 1.40 bits per heavy atom. The molecule has 80 valence electrons. The van der Waals surface area contributed by atoms with E-state index < -0.39 is 21.7 Å². The molecule has 1 aromatic rings. The molecule has 5 nitrogen and oxygen atoms in total. The Kier molecular flexibility index (Phi) is 1.93. The van der Waals surface area contributed by atoms with Crippen molar-refractivity contribution >= 4 is 15.9 Å². The molecule has 1 heterocycles. The van der Waals surface area contributed by atoms with E-state index in [1.54, 1.807) is 4.72 Å². The molecule has 0 saturated heterocycles. The monoisotopic (exact) mass is 231 g/mol. The van der Waals surface area contributed by atoms with Gasteiger partial charge in [0, 0.05) is 0 Å². The summed E-state index contributed by atoms with van der Waals surface area (Å²) in [5, 5.41) is 0. The van der Waals surface area contributed by atoms with Crippen LogP contribution in [0.3, 0.4) is 0 Å². The summed E-state index contributed by atoms with van der Waals surface area (Å²) in [4.78, 5) is 11.0. The third-order valence-electron chi connectivity index (χ3n) is 2.02. The second kappa shape index (κ2) is 2.93. The van der Waals surface area contributed by atoms with Gasteiger partial charge in [-0.3, -0.25) is 4.79 Å². The molecule has 1 aliphatic heterocycles. The van der Waals surface area contributed by atoms with Crippen molar-refractivity contribution in [2.75, 3.05) is 7.11 Å². The zero-order valence-corrected chi connectivity index (χ0v) is 8.39. The summed E-state index contributed by atoms with van der Waals surface area (Å²) in [5.41, 5.74) is -0.280. The molecule has 1 amide bonds. The highest BCUT2D eigenvalue weighted by molar-refractivity contribution is 7.90. The van der Waals surface area contributed by atoms with Crippen LogP contribution in [-0.2, 0) is 10.0 Å². The predicted molar refractivity (Wildman–Crippen MR) is 47.6 cm³/mol. The minimum absolute atomic E-state index is 0.259. The van der Waals surface area contributed by atoms with Crippen LogP contribution < -0.4 is 9.46 Å². The lowest BCUT2D eigenvalue weighted by atomic mass is 10.2. The highest BCUT2D eigenvalue weighted by Gasteiger charge is 2.36. The summed E-state index contributed by atoms with van der Waals surface area (Å²) >= 11 is 0. The molecule has 0 spiro atoms. The topological polar surface area (TPSA) is 72.5 Å². The van der Waals surface area contributed by atoms with E-state index in [1.807, 2.05) is 0 Å². The second-order valence-electron chi connectivity index (χ2n) is 2.89. The number of nitrogens with one attached hydrogen (secondary N) is 1. The molecule has 15 heavy (non-hydrogen) atoms. The van der Waals surface area contributed by atoms with Gasteiger partial charge in [-0.2, -0.15) is 0 Å². The summed E-state index contributed by atoms with van der Waals surface area (Å²) in [5.74, 6) is -2.00. The molecule has 0 bridgehead atoms. The van der Waals surface area contributed by atoms with Crippen molar-refractivity contribution in [2.24, 2.45) is 0 Å². The van der Waals surface area contributed by atoms with Crippen LogP contribution in [0.5, 0.6) is 5.75 Å². The highest BCUT2D eigenvalue weighted by atomic mass is 32.2. The smallest absolute Gasteiger partial charge is 0.270 e. The number of amides is 1. The molecule has 0 radical (unpaired) electrons. The van der Waals surface area contributed by atoms with Gasteiger partial charge in [0.2, 0.25) is 0 Å². The Balaban J connectivity index is 2.85. The van der Waals surface area contributed by atoms with Crippen LogP contribution in [0.25, 0.3) is 0 Å². The first kappa shape index (κ1) is 9.91. The molecule has 1 aliphatic rings. The van der Waals surface area contributed by atoms with E-state index in [0.29, 0.717) is 0 Å². The van der Waals surface area contributed by atoms with Gasteiger partial charge < -0.3 is 4.74 Å². The van der Waals surface area contributed by atoms with E-state index in [2.05, 4.69) is 4.74 Å². The van der Waals surface area contributed by atoms with Crippen molar-refractivity contribution in [2.45, 2.75) is 4.90 Å². The molecule has 0 saturated carbocycles. The molecule has 0 fully saturated rings.